The molecule has 8 heteroatoms. The van der Waals surface area contributed by atoms with E-state index in [1.54, 1.807) is 0 Å². The van der Waals surface area contributed by atoms with Crippen LogP contribution in [0.1, 0.15) is 46.0 Å². The van der Waals surface area contributed by atoms with Crippen LogP contribution in [0, 0.1) is 11.8 Å². The number of rotatable bonds is 4. The summed E-state index contributed by atoms with van der Waals surface area (Å²) in [6.45, 7) is 3.99. The Bertz CT molecular complexity index is 485. The van der Waals surface area contributed by atoms with E-state index in [1.165, 1.54) is 4.90 Å². The van der Waals surface area contributed by atoms with Gasteiger partial charge in [-0.1, -0.05) is 12.8 Å². The average molecular weight is 340 g/mol. The molecule has 0 spiro atoms. The molecule has 2 rings (SSSR count). The molecular weight excluding hydrogens is 316 g/mol. The van der Waals surface area contributed by atoms with Crippen molar-refractivity contribution in [2.75, 3.05) is 6.54 Å². The largest absolute Gasteiger partial charge is 0.359 e. The number of thiocarbonyl (C=S) groups is 1. The lowest BCUT2D eigenvalue weighted by molar-refractivity contribution is -0.140. The monoisotopic (exact) mass is 340 g/mol. The minimum Gasteiger partial charge on any atom is -0.359 e. The summed E-state index contributed by atoms with van der Waals surface area (Å²) in [5, 5.41) is 3.26. The minimum absolute atomic E-state index is 0.0637. The third-order valence-electron chi connectivity index (χ3n) is 4.23. The van der Waals surface area contributed by atoms with Crippen LogP contribution in [0.25, 0.3) is 0 Å². The van der Waals surface area contributed by atoms with Crippen LogP contribution >= 0.6 is 12.2 Å². The summed E-state index contributed by atoms with van der Waals surface area (Å²) in [5.41, 5.74) is 5.06. The molecule has 0 radical (unpaired) electrons. The zero-order valence-corrected chi connectivity index (χ0v) is 14.4. The third kappa shape index (κ3) is 4.40. The van der Waals surface area contributed by atoms with E-state index >= 15 is 0 Å². The van der Waals surface area contributed by atoms with E-state index in [1.807, 2.05) is 13.8 Å². The molecule has 128 valence electrons. The van der Waals surface area contributed by atoms with Crippen molar-refractivity contribution in [2.45, 2.75) is 52.0 Å². The van der Waals surface area contributed by atoms with E-state index in [0.717, 1.165) is 25.7 Å². The highest BCUT2D eigenvalue weighted by Crippen LogP contribution is 2.37. The molecule has 1 saturated carbocycles. The number of fused-ring (bicyclic) bond motifs is 1. The first-order valence-corrected chi connectivity index (χ1v) is 8.51. The number of hydrogen-bond donors (Lipinski definition) is 3. The number of hydrogen-bond acceptors (Lipinski definition) is 4. The van der Waals surface area contributed by atoms with Gasteiger partial charge < -0.3 is 5.32 Å². The Morgan fingerprint density at radius 3 is 2.26 bits per heavy atom. The molecule has 1 aliphatic heterocycles. The summed E-state index contributed by atoms with van der Waals surface area (Å²) in [6, 6.07) is 0.162. The van der Waals surface area contributed by atoms with Crippen molar-refractivity contribution in [2.24, 2.45) is 11.8 Å². The van der Waals surface area contributed by atoms with Crippen molar-refractivity contribution in [3.63, 3.8) is 0 Å². The van der Waals surface area contributed by atoms with E-state index in [2.05, 4.69) is 16.2 Å². The van der Waals surface area contributed by atoms with Gasteiger partial charge in [-0.25, -0.2) is 0 Å². The number of hydrazine groups is 1. The van der Waals surface area contributed by atoms with Crippen LogP contribution < -0.4 is 16.2 Å². The van der Waals surface area contributed by atoms with Crippen molar-refractivity contribution < 1.29 is 14.4 Å². The molecule has 0 bridgehead atoms. The predicted molar refractivity (Wildman–Crippen MR) is 88.9 cm³/mol. The second-order valence-electron chi connectivity index (χ2n) is 6.38. The van der Waals surface area contributed by atoms with E-state index in [0.29, 0.717) is 5.11 Å². The molecule has 3 N–H and O–H groups in total. The maximum Gasteiger partial charge on any atom is 0.240 e. The highest BCUT2D eigenvalue weighted by atomic mass is 32.1. The lowest BCUT2D eigenvalue weighted by Crippen LogP contribution is -2.49. The minimum atomic E-state index is -0.312. The lowest BCUT2D eigenvalue weighted by Gasteiger charge is -2.19. The van der Waals surface area contributed by atoms with Crippen molar-refractivity contribution in [1.29, 1.82) is 0 Å². The topological polar surface area (TPSA) is 90.5 Å². The smallest absolute Gasteiger partial charge is 0.240 e. The molecule has 0 aromatic heterocycles. The van der Waals surface area contributed by atoms with Crippen LogP contribution in [0.2, 0.25) is 0 Å². The molecule has 7 nitrogen and oxygen atoms in total. The van der Waals surface area contributed by atoms with Gasteiger partial charge in [-0.15, -0.1) is 0 Å². The van der Waals surface area contributed by atoms with Gasteiger partial charge in [0, 0.05) is 19.0 Å². The Morgan fingerprint density at radius 1 is 1.17 bits per heavy atom. The molecule has 0 aromatic carbocycles. The van der Waals surface area contributed by atoms with Gasteiger partial charge in [0.05, 0.1) is 11.8 Å². The average Bonchev–Trinajstić information content (AvgIpc) is 2.75. The van der Waals surface area contributed by atoms with Crippen LogP contribution in [-0.4, -0.2) is 40.3 Å². The molecule has 1 heterocycles. The zero-order valence-electron chi connectivity index (χ0n) is 13.6. The summed E-state index contributed by atoms with van der Waals surface area (Å²) in [5.74, 6) is -0.871. The van der Waals surface area contributed by atoms with Crippen molar-refractivity contribution in [3.05, 3.63) is 0 Å². The molecular formula is C15H24N4O3S. The number of nitrogens with one attached hydrogen (secondary N) is 3. The molecule has 3 amide bonds. The van der Waals surface area contributed by atoms with E-state index in [4.69, 9.17) is 12.2 Å². The third-order valence-corrected chi connectivity index (χ3v) is 4.45. The normalized spacial score (nSPS) is 23.7. The second kappa shape index (κ2) is 7.72. The number of imide groups is 1. The van der Waals surface area contributed by atoms with Gasteiger partial charge in [-0.2, -0.15) is 0 Å². The van der Waals surface area contributed by atoms with Crippen molar-refractivity contribution in [1.82, 2.24) is 21.1 Å². The van der Waals surface area contributed by atoms with Gasteiger partial charge in [0.15, 0.2) is 5.11 Å². The maximum absolute atomic E-state index is 12.3. The van der Waals surface area contributed by atoms with Gasteiger partial charge in [-0.05, 0) is 38.9 Å². The van der Waals surface area contributed by atoms with Crippen LogP contribution in [0.3, 0.4) is 0 Å². The summed E-state index contributed by atoms with van der Waals surface area (Å²) in [4.78, 5) is 37.6. The molecule has 1 saturated heterocycles. The summed E-state index contributed by atoms with van der Waals surface area (Å²) >= 11 is 4.99. The van der Waals surface area contributed by atoms with Gasteiger partial charge in [0.25, 0.3) is 0 Å². The van der Waals surface area contributed by atoms with Crippen LogP contribution in [0.15, 0.2) is 0 Å². The molecule has 2 aliphatic rings. The predicted octanol–water partition coefficient (Wildman–Crippen LogP) is 0.455. The fraction of sp³-hybridized carbons (Fsp3) is 0.733. The van der Waals surface area contributed by atoms with E-state index in [9.17, 15) is 14.4 Å². The maximum atomic E-state index is 12.3. The zero-order chi connectivity index (χ0) is 17.0. The fourth-order valence-corrected chi connectivity index (χ4v) is 3.44. The summed E-state index contributed by atoms with van der Waals surface area (Å²) < 4.78 is 0. The second-order valence-corrected chi connectivity index (χ2v) is 6.79. The van der Waals surface area contributed by atoms with Crippen molar-refractivity contribution >= 4 is 35.1 Å². The molecule has 23 heavy (non-hydrogen) atoms. The Hall–Kier alpha value is -1.70. The van der Waals surface area contributed by atoms with Gasteiger partial charge in [0.2, 0.25) is 17.7 Å². The lowest BCUT2D eigenvalue weighted by atomic mass is 9.81. The molecule has 2 fully saturated rings. The fourth-order valence-electron chi connectivity index (χ4n) is 3.15. The van der Waals surface area contributed by atoms with E-state index in [-0.39, 0.29) is 48.6 Å². The van der Waals surface area contributed by atoms with Gasteiger partial charge in [0.1, 0.15) is 0 Å². The SMILES string of the molecule is CC(C)NC(=S)NNC(=O)CCN1C(=O)[C@H]2CCCC[C@H]2C1=O. The molecule has 0 unspecified atom stereocenters. The first-order chi connectivity index (χ1) is 10.9. The van der Waals surface area contributed by atoms with Crippen LogP contribution in [0.4, 0.5) is 0 Å². The summed E-state index contributed by atoms with van der Waals surface area (Å²) in [7, 11) is 0. The first-order valence-electron chi connectivity index (χ1n) is 8.10. The number of carbonyl (C=O) groups excluding carboxylic acids is 3. The highest BCUT2D eigenvalue weighted by molar-refractivity contribution is 7.80. The Labute approximate surface area is 141 Å². The highest BCUT2D eigenvalue weighted by Gasteiger charge is 2.47. The number of amides is 3. The number of likely N-dealkylation sites (tertiary alicyclic amines) is 1. The van der Waals surface area contributed by atoms with Crippen molar-refractivity contribution in [3.8, 4) is 0 Å². The van der Waals surface area contributed by atoms with Gasteiger partial charge in [-0.3, -0.25) is 30.1 Å². The number of carbonyl (C=O) groups is 3. The van der Waals surface area contributed by atoms with E-state index < -0.39 is 0 Å². The quantitative estimate of drug-likeness (QED) is 0.391. The number of nitrogens with zero attached hydrogens (tertiary/aromatic N) is 1. The molecule has 1 aliphatic carbocycles. The molecule has 0 aromatic rings. The summed E-state index contributed by atoms with van der Waals surface area (Å²) in [6.07, 6.45) is 3.63. The standard InChI is InChI=1S/C15H24N4O3S/c1-9(2)16-15(23)18-17-12(20)7-8-19-13(21)10-5-3-4-6-11(10)14(19)22/h9-11H,3-8H2,1-2H3,(H,17,20)(H2,16,18,23)/t10-,11+. The Balaban J connectivity index is 1.77. The van der Waals surface area contributed by atoms with Crippen LogP contribution in [-0.2, 0) is 14.4 Å². The van der Waals surface area contributed by atoms with Gasteiger partial charge >= 0.3 is 0 Å². The Kier molecular flexibility index (Phi) is 5.92. The van der Waals surface area contributed by atoms with Crippen LogP contribution in [0.5, 0.6) is 0 Å². The molecule has 2 atom stereocenters. The first kappa shape index (κ1) is 17.7. The Morgan fingerprint density at radius 2 is 1.74 bits per heavy atom.